The number of hydrogen-bond acceptors (Lipinski definition) is 17. The van der Waals surface area contributed by atoms with Gasteiger partial charge in [-0.25, -0.2) is 40.8 Å². The number of ether oxygens (including phenoxy) is 5. The number of rotatable bonds is 10. The van der Waals surface area contributed by atoms with Gasteiger partial charge in [-0.15, -0.1) is 0 Å². The van der Waals surface area contributed by atoms with Gasteiger partial charge in [-0.3, -0.25) is 9.80 Å². The largest absolute Gasteiger partial charge is 0.448 e. The molecule has 10 atom stereocenters. The molecule has 6 aromatic carbocycles. The lowest BCUT2D eigenvalue weighted by molar-refractivity contribution is -0.00563. The predicted molar refractivity (Wildman–Crippen MR) is 442 cm³/mol. The van der Waals surface area contributed by atoms with Crippen LogP contribution in [0, 0.1) is 0 Å². The van der Waals surface area contributed by atoms with Crippen molar-refractivity contribution in [3.63, 3.8) is 0 Å². The van der Waals surface area contributed by atoms with Crippen molar-refractivity contribution in [2.24, 2.45) is 0 Å². The second-order valence-electron chi connectivity index (χ2n) is 34.9. The maximum Gasteiger partial charge on any atom is 0.410 e. The zero-order valence-electron chi connectivity index (χ0n) is 67.7. The number of carbonyl (C=O) groups excluding carboxylic acids is 5. The minimum absolute atomic E-state index is 0.0101. The first-order chi connectivity index (χ1) is 55.2. The molecule has 0 aromatic heterocycles. The highest BCUT2D eigenvalue weighted by molar-refractivity contribution is 7.89. The molecular weight excluding hydrogens is 1500 g/mol. The number of nitrogens with zero attached hydrogens (tertiary/aromatic N) is 7. The van der Waals surface area contributed by atoms with E-state index >= 15 is 0 Å². The lowest BCUT2D eigenvalue weighted by atomic mass is 9.98. The normalized spacial score (nSPS) is 25.3. The monoisotopic (exact) mass is 1610 g/mol. The Bertz CT molecular complexity index is 4580. The Morgan fingerprint density at radius 2 is 0.591 bits per heavy atom. The standard InChI is InChI=1S/C26H30N2O4.C23H26N2O4S.C21H22N2O2.C11H20N2O2.C8H16N2O2S/c1-26(2,3)32-25(30)28-17-12-13-18(28)15-27(14-17)24(29)31-16-23-21-10-6-4-8-19(21)20-9-5-7-11-22(20)23;1-2-30(27,28)25-16-11-12-17(25)14-24(13-16)23(26)29-15-22-20-9-5-3-7-18(20)19-8-4-6-10-21(19)22;24-21(23-11-14-9-10-15(12-23)22-14)25-13-20-18-7-3-1-5-16(18)17-6-2-4-8-19(17)20;1-11(2,3)15-10(14)13-8-4-5-9(13)7-12-6-8;1-2-13(11,12)10-7-3-4-8(10)6-9-5-7/h4-11,17-18,23H,12-16H2,1-3H3;3-10,16-17,22H,2,11-15H2,1H3;1-8,14-15,20,22H,9-13H2;8-9,12H,4-7H2,1-3H3;7-9H,2-6H2,1H3. The van der Waals surface area contributed by atoms with E-state index in [1.165, 1.54) is 66.8 Å². The molecular formula is C89H114N10O14S2. The van der Waals surface area contributed by atoms with Crippen molar-refractivity contribution >= 4 is 50.5 Å². The third-order valence-electron chi connectivity index (χ3n) is 25.2. The van der Waals surface area contributed by atoms with E-state index in [1.54, 1.807) is 32.3 Å². The van der Waals surface area contributed by atoms with Crippen LogP contribution in [0.5, 0.6) is 0 Å². The van der Waals surface area contributed by atoms with Gasteiger partial charge in [0.1, 0.15) is 31.0 Å². The summed E-state index contributed by atoms with van der Waals surface area (Å²) in [4.78, 5) is 72.1. The Morgan fingerprint density at radius 3 is 0.904 bits per heavy atom. The van der Waals surface area contributed by atoms with E-state index in [1.807, 2.05) is 105 Å². The summed E-state index contributed by atoms with van der Waals surface area (Å²) in [7, 11) is -6.21. The quantitative estimate of drug-likeness (QED) is 0.108. The Labute approximate surface area is 678 Å². The fourth-order valence-electron chi connectivity index (χ4n) is 20.0. The van der Waals surface area contributed by atoms with Crippen LogP contribution in [0.4, 0.5) is 24.0 Å². The fourth-order valence-corrected chi connectivity index (χ4v) is 23.1. The van der Waals surface area contributed by atoms with Crippen LogP contribution < -0.4 is 16.0 Å². The number of carbonyl (C=O) groups is 5. The van der Waals surface area contributed by atoms with Gasteiger partial charge in [0.15, 0.2) is 0 Å². The van der Waals surface area contributed by atoms with Gasteiger partial charge in [0.2, 0.25) is 20.0 Å². The van der Waals surface area contributed by atoms with Gasteiger partial charge >= 0.3 is 30.5 Å². The number of nitrogens with one attached hydrogen (secondary N) is 3. The van der Waals surface area contributed by atoms with Crippen LogP contribution in [-0.4, -0.2) is 249 Å². The smallest absolute Gasteiger partial charge is 0.410 e. The molecule has 0 spiro atoms. The molecule has 10 heterocycles. The zero-order valence-corrected chi connectivity index (χ0v) is 69.3. The number of benzene rings is 6. The molecule has 5 amide bonds. The number of hydrogen-bond donors (Lipinski definition) is 3. The number of fused-ring (bicyclic) bond motifs is 19. The van der Waals surface area contributed by atoms with Crippen molar-refractivity contribution in [1.29, 1.82) is 0 Å². The SMILES string of the molecule is CC(C)(C)OC(=O)N1C2CCC1CN(C(=O)OCC1c3ccccc3-c3ccccc31)C2.CC(C)(C)OC(=O)N1C2CCC1CNC2.CCS(=O)(=O)N1C2CCC1CN(C(=O)OCC1c3ccccc3-c3ccccc31)C2.CCS(=O)(=O)N1C2CCC1CNC2.O=C(OCC1c2ccccc2-c2ccccc21)N1CC2CCC(C1)N2. The number of sulfonamides is 2. The molecule has 6 aromatic rings. The van der Waals surface area contributed by atoms with Crippen molar-refractivity contribution in [3.05, 3.63) is 179 Å². The van der Waals surface area contributed by atoms with Crippen LogP contribution in [0.3, 0.4) is 0 Å². The average molecular weight is 1610 g/mol. The third-order valence-corrected chi connectivity index (χ3v) is 29.1. The van der Waals surface area contributed by atoms with E-state index in [9.17, 15) is 40.8 Å². The summed E-state index contributed by atoms with van der Waals surface area (Å²) < 4.78 is 80.0. The summed E-state index contributed by atoms with van der Waals surface area (Å²) in [5.74, 6) is 0.548. The molecule has 13 aliphatic rings. The molecule has 10 saturated heterocycles. The molecule has 26 heteroatoms. The summed E-state index contributed by atoms with van der Waals surface area (Å²) in [6.45, 7) is 22.6. The first-order valence-electron chi connectivity index (χ1n) is 41.7. The van der Waals surface area contributed by atoms with Gasteiger partial charge in [-0.2, -0.15) is 8.61 Å². The summed E-state index contributed by atoms with van der Waals surface area (Å²) in [5.41, 5.74) is 13.7. The van der Waals surface area contributed by atoms with Crippen molar-refractivity contribution in [2.45, 2.75) is 209 Å². The first kappa shape index (κ1) is 81.5. The third kappa shape index (κ3) is 17.5. The predicted octanol–water partition coefficient (Wildman–Crippen LogP) is 13.0. The highest BCUT2D eigenvalue weighted by Gasteiger charge is 2.50. The second-order valence-corrected chi connectivity index (χ2v) is 39.2. The van der Waals surface area contributed by atoms with Crippen LogP contribution in [0.25, 0.3) is 33.4 Å². The summed E-state index contributed by atoms with van der Waals surface area (Å²) in [6, 6.07) is 51.8. The van der Waals surface area contributed by atoms with Crippen molar-refractivity contribution in [3.8, 4) is 33.4 Å². The number of amides is 5. The highest BCUT2D eigenvalue weighted by atomic mass is 32.2. The van der Waals surface area contributed by atoms with Crippen LogP contribution in [0.1, 0.15) is 171 Å². The Balaban J connectivity index is 0.000000117. The van der Waals surface area contributed by atoms with Gasteiger partial charge in [-0.1, -0.05) is 146 Å². The van der Waals surface area contributed by atoms with Crippen LogP contribution in [-0.2, 0) is 43.7 Å². The van der Waals surface area contributed by atoms with Gasteiger partial charge in [0, 0.05) is 132 Å². The van der Waals surface area contributed by atoms with Crippen molar-refractivity contribution in [2.75, 3.05) is 96.8 Å². The van der Waals surface area contributed by atoms with Gasteiger partial charge in [0.05, 0.1) is 23.6 Å². The molecule has 10 unspecified atom stereocenters. The van der Waals surface area contributed by atoms with E-state index in [-0.39, 0.29) is 108 Å². The van der Waals surface area contributed by atoms with Crippen molar-refractivity contribution < 1.29 is 64.5 Å². The molecule has 10 fully saturated rings. The molecule has 115 heavy (non-hydrogen) atoms. The van der Waals surface area contributed by atoms with Crippen LogP contribution >= 0.6 is 0 Å². The van der Waals surface area contributed by atoms with E-state index in [2.05, 4.69) is 113 Å². The Morgan fingerprint density at radius 1 is 0.339 bits per heavy atom. The van der Waals surface area contributed by atoms with Gasteiger partial charge in [0.25, 0.3) is 0 Å². The molecule has 3 N–H and O–H groups in total. The zero-order chi connectivity index (χ0) is 80.7. The first-order valence-corrected chi connectivity index (χ1v) is 45.0. The molecule has 3 aliphatic carbocycles. The highest BCUT2D eigenvalue weighted by Crippen LogP contribution is 2.48. The summed E-state index contributed by atoms with van der Waals surface area (Å²) in [5, 5.41) is 10.2. The summed E-state index contributed by atoms with van der Waals surface area (Å²) >= 11 is 0. The number of piperazine rings is 5. The minimum atomic E-state index is -3.24. The Hall–Kier alpha value is -8.63. The number of likely N-dealkylation sites (tertiary alicyclic amines) is 3. The van der Waals surface area contributed by atoms with E-state index in [0.29, 0.717) is 63.6 Å². The van der Waals surface area contributed by atoms with E-state index < -0.39 is 25.6 Å². The summed E-state index contributed by atoms with van der Waals surface area (Å²) in [6.07, 6.45) is 8.74. The lowest BCUT2D eigenvalue weighted by Gasteiger charge is -2.40. The topological polar surface area (TPSA) is 259 Å². The molecule has 0 saturated carbocycles. The molecule has 10 bridgehead atoms. The molecule has 616 valence electrons. The van der Waals surface area contributed by atoms with E-state index in [4.69, 9.17) is 23.7 Å². The Kier molecular flexibility index (Phi) is 24.2. The molecule has 19 rings (SSSR count). The minimum Gasteiger partial charge on any atom is -0.448 e. The second kappa shape index (κ2) is 34.1. The lowest BCUT2D eigenvalue weighted by Crippen LogP contribution is -2.58. The van der Waals surface area contributed by atoms with E-state index in [0.717, 1.165) is 103 Å². The van der Waals surface area contributed by atoms with Crippen LogP contribution in [0.15, 0.2) is 146 Å². The van der Waals surface area contributed by atoms with Crippen molar-refractivity contribution in [1.82, 2.24) is 49.1 Å². The maximum absolute atomic E-state index is 13.0. The molecule has 24 nitrogen and oxygen atoms in total. The van der Waals surface area contributed by atoms with Crippen LogP contribution in [0.2, 0.25) is 0 Å². The maximum atomic E-state index is 13.0. The van der Waals surface area contributed by atoms with Gasteiger partial charge in [-0.05, 0) is 186 Å². The fraction of sp³-hybridized carbons (Fsp3) is 0.539. The average Bonchev–Trinajstić information content (AvgIpc) is 1.63. The molecule has 10 aliphatic heterocycles. The molecule has 0 radical (unpaired) electrons. The van der Waals surface area contributed by atoms with Gasteiger partial charge < -0.3 is 54.3 Å².